The van der Waals surface area contributed by atoms with Crippen molar-refractivity contribution in [2.24, 2.45) is 0 Å². The van der Waals surface area contributed by atoms with Gasteiger partial charge < -0.3 is 9.64 Å². The second-order valence-electron chi connectivity index (χ2n) is 7.31. The molecular formula is C26H23N3O3. The minimum atomic E-state index is -0.373. The van der Waals surface area contributed by atoms with Gasteiger partial charge in [-0.2, -0.15) is 9.78 Å². The molecule has 0 spiro atoms. The number of benzene rings is 3. The number of rotatable bonds is 6. The van der Waals surface area contributed by atoms with E-state index in [1.165, 1.54) is 17.9 Å². The van der Waals surface area contributed by atoms with Crippen LogP contribution < -0.4 is 15.2 Å². The van der Waals surface area contributed by atoms with Gasteiger partial charge in [-0.1, -0.05) is 66.7 Å². The molecule has 1 aromatic heterocycles. The highest BCUT2D eigenvalue weighted by atomic mass is 16.5. The lowest BCUT2D eigenvalue weighted by Gasteiger charge is -2.24. The Balaban J connectivity index is 1.84. The Morgan fingerprint density at radius 2 is 1.56 bits per heavy atom. The lowest BCUT2D eigenvalue weighted by molar-refractivity contribution is 0.0975. The monoisotopic (exact) mass is 425 g/mol. The van der Waals surface area contributed by atoms with Gasteiger partial charge in [-0.15, -0.1) is 0 Å². The molecule has 0 aliphatic carbocycles. The molecule has 0 atom stereocenters. The van der Waals surface area contributed by atoms with Crippen LogP contribution in [0.2, 0.25) is 0 Å². The highest BCUT2D eigenvalue weighted by molar-refractivity contribution is 6.06. The maximum absolute atomic E-state index is 13.8. The van der Waals surface area contributed by atoms with Crippen LogP contribution in [0.1, 0.15) is 21.6 Å². The van der Waals surface area contributed by atoms with Crippen molar-refractivity contribution in [3.05, 3.63) is 118 Å². The van der Waals surface area contributed by atoms with Gasteiger partial charge >= 0.3 is 0 Å². The van der Waals surface area contributed by atoms with E-state index in [9.17, 15) is 9.59 Å². The van der Waals surface area contributed by atoms with Gasteiger partial charge in [0.1, 0.15) is 0 Å². The van der Waals surface area contributed by atoms with Crippen molar-refractivity contribution in [1.82, 2.24) is 9.78 Å². The fourth-order valence-corrected chi connectivity index (χ4v) is 3.50. The molecular weight excluding hydrogens is 402 g/mol. The average Bonchev–Trinajstić information content (AvgIpc) is 2.83. The first kappa shape index (κ1) is 21.1. The standard InChI is InChI=1S/C26H23N3O3/c1-19-11-9-10-16-22(19)29-24(30)17-23(32-2)25(27-29)26(31)28(21-14-7-4-8-15-21)18-20-12-5-3-6-13-20/h3-17H,18H2,1-2H3. The van der Waals surface area contributed by atoms with Crippen LogP contribution in [0.15, 0.2) is 95.8 Å². The molecule has 0 saturated carbocycles. The Kier molecular flexibility index (Phi) is 6.12. The SMILES string of the molecule is COc1cc(=O)n(-c2ccccc2C)nc1C(=O)N(Cc1ccccc1)c1ccccc1. The molecule has 4 aromatic rings. The highest BCUT2D eigenvalue weighted by Gasteiger charge is 2.25. The average molecular weight is 425 g/mol. The van der Waals surface area contributed by atoms with E-state index in [2.05, 4.69) is 5.10 Å². The minimum absolute atomic E-state index is 0.0649. The first-order valence-electron chi connectivity index (χ1n) is 10.2. The van der Waals surface area contributed by atoms with Gasteiger partial charge in [0.25, 0.3) is 11.5 Å². The number of amides is 1. The molecule has 0 N–H and O–H groups in total. The molecule has 3 aromatic carbocycles. The van der Waals surface area contributed by atoms with Gasteiger partial charge in [-0.25, -0.2) is 0 Å². The van der Waals surface area contributed by atoms with Crippen molar-refractivity contribution in [3.63, 3.8) is 0 Å². The number of para-hydroxylation sites is 2. The van der Waals surface area contributed by atoms with Crippen LogP contribution in [0.5, 0.6) is 5.75 Å². The molecule has 0 aliphatic heterocycles. The van der Waals surface area contributed by atoms with Crippen LogP contribution in [-0.2, 0) is 6.54 Å². The first-order valence-corrected chi connectivity index (χ1v) is 10.2. The van der Waals surface area contributed by atoms with Crippen LogP contribution in [0, 0.1) is 6.92 Å². The van der Waals surface area contributed by atoms with E-state index < -0.39 is 0 Å². The van der Waals surface area contributed by atoms with Crippen molar-refractivity contribution in [3.8, 4) is 11.4 Å². The van der Waals surface area contributed by atoms with Crippen LogP contribution in [0.25, 0.3) is 5.69 Å². The van der Waals surface area contributed by atoms with Gasteiger partial charge in [0.05, 0.1) is 25.4 Å². The Labute approximate surface area is 186 Å². The third-order valence-electron chi connectivity index (χ3n) is 5.16. The van der Waals surface area contributed by atoms with Gasteiger partial charge in [0.15, 0.2) is 11.4 Å². The number of carbonyl (C=O) groups is 1. The second-order valence-corrected chi connectivity index (χ2v) is 7.31. The molecule has 6 heteroatoms. The molecule has 160 valence electrons. The normalized spacial score (nSPS) is 10.6. The maximum Gasteiger partial charge on any atom is 0.282 e. The van der Waals surface area contributed by atoms with Crippen molar-refractivity contribution >= 4 is 11.6 Å². The van der Waals surface area contributed by atoms with Crippen molar-refractivity contribution < 1.29 is 9.53 Å². The number of hydrogen-bond acceptors (Lipinski definition) is 4. The van der Waals surface area contributed by atoms with Crippen molar-refractivity contribution in [2.75, 3.05) is 12.0 Å². The van der Waals surface area contributed by atoms with E-state index in [1.807, 2.05) is 85.8 Å². The largest absolute Gasteiger partial charge is 0.494 e. The van der Waals surface area contributed by atoms with E-state index in [4.69, 9.17) is 4.74 Å². The summed E-state index contributed by atoms with van der Waals surface area (Å²) in [4.78, 5) is 28.2. The topological polar surface area (TPSA) is 64.4 Å². The number of anilines is 1. The van der Waals surface area contributed by atoms with E-state index in [-0.39, 0.29) is 22.9 Å². The highest BCUT2D eigenvalue weighted by Crippen LogP contribution is 2.23. The van der Waals surface area contributed by atoms with E-state index in [1.54, 1.807) is 11.0 Å². The summed E-state index contributed by atoms with van der Waals surface area (Å²) in [6, 6.07) is 27.8. The van der Waals surface area contributed by atoms with Gasteiger partial charge in [-0.3, -0.25) is 9.59 Å². The number of ether oxygens (including phenoxy) is 1. The zero-order valence-electron chi connectivity index (χ0n) is 17.9. The summed E-state index contributed by atoms with van der Waals surface area (Å²) in [6.45, 7) is 2.23. The fourth-order valence-electron chi connectivity index (χ4n) is 3.50. The molecule has 6 nitrogen and oxygen atoms in total. The number of methoxy groups -OCH3 is 1. The molecule has 0 saturated heterocycles. The molecule has 4 rings (SSSR count). The van der Waals surface area contributed by atoms with Gasteiger partial charge in [0.2, 0.25) is 0 Å². The fraction of sp³-hybridized carbons (Fsp3) is 0.115. The smallest absolute Gasteiger partial charge is 0.282 e. The molecule has 1 heterocycles. The minimum Gasteiger partial charge on any atom is -0.494 e. The van der Waals surface area contributed by atoms with Crippen LogP contribution in [-0.4, -0.2) is 22.8 Å². The maximum atomic E-state index is 13.8. The van der Waals surface area contributed by atoms with Gasteiger partial charge in [0, 0.05) is 5.69 Å². The summed E-state index contributed by atoms with van der Waals surface area (Å²) in [6.07, 6.45) is 0. The number of carbonyl (C=O) groups excluding carboxylic acids is 1. The molecule has 0 radical (unpaired) electrons. The lowest BCUT2D eigenvalue weighted by atomic mass is 10.1. The molecule has 32 heavy (non-hydrogen) atoms. The van der Waals surface area contributed by atoms with Crippen LogP contribution in [0.3, 0.4) is 0 Å². The molecule has 0 bridgehead atoms. The summed E-state index contributed by atoms with van der Waals surface area (Å²) in [5.41, 5.74) is 2.87. The van der Waals surface area contributed by atoms with Crippen molar-refractivity contribution in [2.45, 2.75) is 13.5 Å². The predicted octanol–water partition coefficient (Wildman–Crippen LogP) is 4.40. The summed E-state index contributed by atoms with van der Waals surface area (Å²) in [5.74, 6) is -0.224. The summed E-state index contributed by atoms with van der Waals surface area (Å²) < 4.78 is 6.63. The summed E-state index contributed by atoms with van der Waals surface area (Å²) in [5, 5.41) is 4.45. The predicted molar refractivity (Wildman–Crippen MR) is 125 cm³/mol. The third kappa shape index (κ3) is 4.30. The van der Waals surface area contributed by atoms with Gasteiger partial charge in [-0.05, 0) is 36.2 Å². The molecule has 0 unspecified atom stereocenters. The zero-order valence-corrected chi connectivity index (χ0v) is 17.9. The first-order chi connectivity index (χ1) is 15.6. The van der Waals surface area contributed by atoms with Crippen molar-refractivity contribution in [1.29, 1.82) is 0 Å². The second kappa shape index (κ2) is 9.31. The van der Waals surface area contributed by atoms with Crippen LogP contribution >= 0.6 is 0 Å². The number of aromatic nitrogens is 2. The third-order valence-corrected chi connectivity index (χ3v) is 5.16. The Morgan fingerprint density at radius 3 is 2.22 bits per heavy atom. The molecule has 0 aliphatic rings. The summed E-state index contributed by atoms with van der Waals surface area (Å²) in [7, 11) is 1.43. The number of nitrogens with zero attached hydrogens (tertiary/aromatic N) is 3. The summed E-state index contributed by atoms with van der Waals surface area (Å²) >= 11 is 0. The Bertz CT molecular complexity index is 1280. The lowest BCUT2D eigenvalue weighted by Crippen LogP contribution is -2.34. The quantitative estimate of drug-likeness (QED) is 0.459. The Morgan fingerprint density at radius 1 is 0.938 bits per heavy atom. The van der Waals surface area contributed by atoms with E-state index in [0.29, 0.717) is 12.2 Å². The van der Waals surface area contributed by atoms with E-state index >= 15 is 0 Å². The molecule has 0 fully saturated rings. The number of hydrogen-bond donors (Lipinski definition) is 0. The number of aryl methyl sites for hydroxylation is 1. The zero-order chi connectivity index (χ0) is 22.5. The molecule has 1 amide bonds. The van der Waals surface area contributed by atoms with E-state index in [0.717, 1.165) is 16.8 Å². The Hall–Kier alpha value is -4.19. The van der Waals surface area contributed by atoms with Crippen LogP contribution in [0.4, 0.5) is 5.69 Å².